The van der Waals surface area contributed by atoms with Crippen LogP contribution in [-0.4, -0.2) is 15.3 Å². The van der Waals surface area contributed by atoms with Crippen molar-refractivity contribution >= 4 is 51.1 Å². The van der Waals surface area contributed by atoms with Crippen LogP contribution in [0.2, 0.25) is 5.02 Å². The summed E-state index contributed by atoms with van der Waals surface area (Å²) in [6, 6.07) is 15.5. The van der Waals surface area contributed by atoms with E-state index in [-0.39, 0.29) is 5.56 Å². The van der Waals surface area contributed by atoms with Gasteiger partial charge in [0.25, 0.3) is 5.56 Å². The van der Waals surface area contributed by atoms with E-state index in [2.05, 4.69) is 15.9 Å². The third-order valence-corrected chi connectivity index (χ3v) is 7.06. The number of thioether (sulfide) groups is 2. The molecule has 0 N–H and O–H groups in total. The van der Waals surface area contributed by atoms with Crippen molar-refractivity contribution in [1.29, 1.82) is 0 Å². The number of benzene rings is 2. The van der Waals surface area contributed by atoms with E-state index >= 15 is 0 Å². The van der Waals surface area contributed by atoms with Gasteiger partial charge in [-0.25, -0.2) is 4.98 Å². The molecule has 1 aromatic heterocycles. The van der Waals surface area contributed by atoms with Crippen molar-refractivity contribution in [3.8, 4) is 5.69 Å². The van der Waals surface area contributed by atoms with Gasteiger partial charge in [0.1, 0.15) is 0 Å². The molecule has 0 saturated heterocycles. The van der Waals surface area contributed by atoms with Gasteiger partial charge < -0.3 is 0 Å². The topological polar surface area (TPSA) is 34.9 Å². The second-order valence-corrected chi connectivity index (χ2v) is 9.14. The molecule has 1 aliphatic rings. The lowest BCUT2D eigenvalue weighted by atomic mass is 10.2. The standard InChI is InChI=1S/C19H14BrClN2OS2/c20-13-5-7-14(8-6-13)23-18(24)17-16(9-10-25-17)22-19(23)26-11-12-3-1-2-4-15(12)21/h1-8H,9-11H2. The minimum absolute atomic E-state index is 0.0153. The predicted octanol–water partition coefficient (Wildman–Crippen LogP) is 5.59. The average molecular weight is 466 g/mol. The SMILES string of the molecule is O=c1c2c(nc(SCc3ccccc3Cl)n1-c1ccc(Br)cc1)CCS2. The second-order valence-electron chi connectivity index (χ2n) is 5.77. The molecule has 1 aliphatic heterocycles. The van der Waals surface area contributed by atoms with Gasteiger partial charge in [0, 0.05) is 27.4 Å². The highest BCUT2D eigenvalue weighted by Crippen LogP contribution is 2.32. The number of fused-ring (bicyclic) bond motifs is 1. The molecule has 132 valence electrons. The van der Waals surface area contributed by atoms with E-state index in [9.17, 15) is 4.79 Å². The number of nitrogens with zero attached hydrogens (tertiary/aromatic N) is 2. The molecule has 26 heavy (non-hydrogen) atoms. The zero-order chi connectivity index (χ0) is 18.1. The Morgan fingerprint density at radius 2 is 1.96 bits per heavy atom. The number of hydrogen-bond acceptors (Lipinski definition) is 4. The van der Waals surface area contributed by atoms with Crippen LogP contribution in [-0.2, 0) is 12.2 Å². The molecule has 4 rings (SSSR count). The summed E-state index contributed by atoms with van der Waals surface area (Å²) in [4.78, 5) is 18.7. The summed E-state index contributed by atoms with van der Waals surface area (Å²) in [7, 11) is 0. The monoisotopic (exact) mass is 464 g/mol. The Labute approximate surface area is 173 Å². The van der Waals surface area contributed by atoms with Crippen LogP contribution in [0.15, 0.2) is 67.9 Å². The Morgan fingerprint density at radius 3 is 2.73 bits per heavy atom. The van der Waals surface area contributed by atoms with Gasteiger partial charge in [0.2, 0.25) is 0 Å². The second kappa shape index (κ2) is 7.80. The summed E-state index contributed by atoms with van der Waals surface area (Å²) in [5.74, 6) is 1.57. The Kier molecular flexibility index (Phi) is 5.45. The summed E-state index contributed by atoms with van der Waals surface area (Å²) in [5.41, 5.74) is 2.78. The van der Waals surface area contributed by atoms with Crippen LogP contribution in [0.25, 0.3) is 5.69 Å². The van der Waals surface area contributed by atoms with Crippen molar-refractivity contribution in [2.24, 2.45) is 0 Å². The lowest BCUT2D eigenvalue weighted by molar-refractivity contribution is 0.739. The number of halogens is 2. The summed E-state index contributed by atoms with van der Waals surface area (Å²) < 4.78 is 2.69. The third-order valence-electron chi connectivity index (χ3n) is 4.07. The highest BCUT2D eigenvalue weighted by atomic mass is 79.9. The Hall–Kier alpha value is -1.21. The highest BCUT2D eigenvalue weighted by Gasteiger charge is 2.22. The molecule has 2 aromatic carbocycles. The fourth-order valence-electron chi connectivity index (χ4n) is 2.76. The van der Waals surface area contributed by atoms with Crippen LogP contribution in [0.4, 0.5) is 0 Å². The van der Waals surface area contributed by atoms with Crippen molar-refractivity contribution in [2.75, 3.05) is 5.75 Å². The van der Waals surface area contributed by atoms with Gasteiger partial charge in [-0.1, -0.05) is 57.5 Å². The molecular formula is C19H14BrClN2OS2. The molecular weight excluding hydrogens is 452 g/mol. The van der Waals surface area contributed by atoms with E-state index < -0.39 is 0 Å². The quantitative estimate of drug-likeness (QED) is 0.372. The third kappa shape index (κ3) is 3.60. The van der Waals surface area contributed by atoms with E-state index in [1.54, 1.807) is 16.3 Å². The highest BCUT2D eigenvalue weighted by molar-refractivity contribution is 9.10. The zero-order valence-corrected chi connectivity index (χ0v) is 17.6. The van der Waals surface area contributed by atoms with Crippen LogP contribution in [0, 0.1) is 0 Å². The molecule has 0 aliphatic carbocycles. The van der Waals surface area contributed by atoms with E-state index in [1.807, 2.05) is 48.5 Å². The van der Waals surface area contributed by atoms with E-state index in [0.717, 1.165) is 43.5 Å². The number of rotatable bonds is 4. The molecule has 2 heterocycles. The molecule has 0 amide bonds. The van der Waals surface area contributed by atoms with Crippen molar-refractivity contribution in [3.05, 3.63) is 79.6 Å². The molecule has 7 heteroatoms. The Bertz CT molecular complexity index is 1020. The van der Waals surface area contributed by atoms with Gasteiger partial charge in [-0.15, -0.1) is 11.8 Å². The summed E-state index contributed by atoms with van der Waals surface area (Å²) >= 11 is 12.9. The normalized spacial score (nSPS) is 13.0. The molecule has 3 nitrogen and oxygen atoms in total. The molecule has 0 unspecified atom stereocenters. The first-order valence-electron chi connectivity index (χ1n) is 8.04. The van der Waals surface area contributed by atoms with Crippen LogP contribution >= 0.6 is 51.1 Å². The molecule has 0 spiro atoms. The molecule has 0 atom stereocenters. The first-order chi connectivity index (χ1) is 12.6. The lowest BCUT2D eigenvalue weighted by Gasteiger charge is -2.14. The van der Waals surface area contributed by atoms with Crippen molar-refractivity contribution in [3.63, 3.8) is 0 Å². The van der Waals surface area contributed by atoms with Crippen molar-refractivity contribution in [1.82, 2.24) is 9.55 Å². The fraction of sp³-hybridized carbons (Fsp3) is 0.158. The van der Waals surface area contributed by atoms with Gasteiger partial charge in [0.15, 0.2) is 5.16 Å². The predicted molar refractivity (Wildman–Crippen MR) is 113 cm³/mol. The molecule has 3 aromatic rings. The number of aryl methyl sites for hydroxylation is 1. The fourth-order valence-corrected chi connectivity index (χ4v) is 5.37. The van der Waals surface area contributed by atoms with Gasteiger partial charge in [0.05, 0.1) is 16.3 Å². The maximum absolute atomic E-state index is 13.1. The summed E-state index contributed by atoms with van der Waals surface area (Å²) in [6.45, 7) is 0. The average Bonchev–Trinajstić information content (AvgIpc) is 3.11. The van der Waals surface area contributed by atoms with Crippen LogP contribution in [0.1, 0.15) is 11.3 Å². The van der Waals surface area contributed by atoms with Crippen LogP contribution in [0.5, 0.6) is 0 Å². The van der Waals surface area contributed by atoms with Crippen LogP contribution in [0.3, 0.4) is 0 Å². The van der Waals surface area contributed by atoms with Gasteiger partial charge in [-0.3, -0.25) is 9.36 Å². The van der Waals surface area contributed by atoms with Gasteiger partial charge in [-0.05, 0) is 35.9 Å². The smallest absolute Gasteiger partial charge is 0.268 e. The minimum Gasteiger partial charge on any atom is -0.268 e. The molecule has 0 bridgehead atoms. The van der Waals surface area contributed by atoms with Crippen molar-refractivity contribution in [2.45, 2.75) is 22.2 Å². The molecule has 0 saturated carbocycles. The lowest BCUT2D eigenvalue weighted by Crippen LogP contribution is -2.23. The first-order valence-corrected chi connectivity index (χ1v) is 11.2. The minimum atomic E-state index is 0.0153. The van der Waals surface area contributed by atoms with E-state index in [0.29, 0.717) is 10.9 Å². The van der Waals surface area contributed by atoms with Crippen LogP contribution < -0.4 is 5.56 Å². The zero-order valence-electron chi connectivity index (χ0n) is 13.6. The molecule has 0 fully saturated rings. The van der Waals surface area contributed by atoms with Crippen molar-refractivity contribution < 1.29 is 0 Å². The number of aromatic nitrogens is 2. The van der Waals surface area contributed by atoms with E-state index in [4.69, 9.17) is 16.6 Å². The maximum atomic E-state index is 13.1. The maximum Gasteiger partial charge on any atom is 0.272 e. The summed E-state index contributed by atoms with van der Waals surface area (Å²) in [5, 5.41) is 1.44. The largest absolute Gasteiger partial charge is 0.272 e. The Balaban J connectivity index is 1.78. The first kappa shape index (κ1) is 18.2. The Morgan fingerprint density at radius 1 is 1.19 bits per heavy atom. The van der Waals surface area contributed by atoms with Gasteiger partial charge in [-0.2, -0.15) is 0 Å². The molecule has 0 radical (unpaired) electrons. The summed E-state index contributed by atoms with van der Waals surface area (Å²) in [6.07, 6.45) is 0.843. The number of hydrogen-bond donors (Lipinski definition) is 0. The van der Waals surface area contributed by atoms with E-state index in [1.165, 1.54) is 11.8 Å². The van der Waals surface area contributed by atoms with Gasteiger partial charge >= 0.3 is 0 Å².